The summed E-state index contributed by atoms with van der Waals surface area (Å²) in [5.41, 5.74) is 1.31. The lowest BCUT2D eigenvalue weighted by atomic mass is 9.86. The van der Waals surface area contributed by atoms with Crippen LogP contribution in [0.2, 0.25) is 0 Å². The van der Waals surface area contributed by atoms with Crippen LogP contribution in [-0.4, -0.2) is 29.3 Å². The summed E-state index contributed by atoms with van der Waals surface area (Å²) in [7, 11) is 0. The Morgan fingerprint density at radius 2 is 2.30 bits per heavy atom. The summed E-state index contributed by atoms with van der Waals surface area (Å²) in [6.45, 7) is 0.946. The minimum absolute atomic E-state index is 0.126. The second-order valence-electron chi connectivity index (χ2n) is 5.90. The minimum atomic E-state index is 0.126. The highest BCUT2D eigenvalue weighted by Crippen LogP contribution is 2.37. The van der Waals surface area contributed by atoms with E-state index in [1.54, 1.807) is 0 Å². The molecule has 4 heteroatoms. The maximum Gasteiger partial charge on any atom is 0.230 e. The van der Waals surface area contributed by atoms with Crippen molar-refractivity contribution in [2.45, 2.75) is 56.9 Å². The molecule has 0 saturated carbocycles. The molecule has 3 rings (SSSR count). The number of rotatable bonds is 4. The monoisotopic (exact) mass is 311 g/mol. The van der Waals surface area contributed by atoms with Crippen LogP contribution in [0.3, 0.4) is 0 Å². The molecular formula is C16H22ClNOS. The molecule has 1 aromatic heterocycles. The van der Waals surface area contributed by atoms with Crippen LogP contribution < -0.4 is 0 Å². The summed E-state index contributed by atoms with van der Waals surface area (Å²) in [5, 5.41) is 2.14. The predicted octanol–water partition coefficient (Wildman–Crippen LogP) is 4.18. The number of aryl methyl sites for hydroxylation is 1. The number of hydrogen-bond acceptors (Lipinski definition) is 2. The van der Waals surface area contributed by atoms with Crippen LogP contribution in [-0.2, 0) is 11.2 Å². The first kappa shape index (κ1) is 14.4. The maximum absolute atomic E-state index is 12.9. The molecule has 2 unspecified atom stereocenters. The molecule has 2 heterocycles. The van der Waals surface area contributed by atoms with Crippen LogP contribution in [0, 0.1) is 0 Å². The summed E-state index contributed by atoms with van der Waals surface area (Å²) in [4.78, 5) is 16.5. The molecule has 0 bridgehead atoms. The van der Waals surface area contributed by atoms with Gasteiger partial charge < -0.3 is 4.90 Å². The molecule has 2 nitrogen and oxygen atoms in total. The molecule has 0 N–H and O–H groups in total. The molecular weight excluding hydrogens is 290 g/mol. The van der Waals surface area contributed by atoms with Gasteiger partial charge in [0.2, 0.25) is 5.91 Å². The molecule has 1 amide bonds. The molecule has 2 atom stereocenters. The molecule has 1 aliphatic heterocycles. The predicted molar refractivity (Wildman–Crippen MR) is 84.7 cm³/mol. The molecule has 0 radical (unpaired) electrons. The lowest BCUT2D eigenvalue weighted by Crippen LogP contribution is -2.39. The minimum Gasteiger partial charge on any atom is -0.339 e. The number of alkyl halides is 1. The van der Waals surface area contributed by atoms with Gasteiger partial charge in [0.1, 0.15) is 0 Å². The zero-order valence-corrected chi connectivity index (χ0v) is 13.4. The Bertz CT molecular complexity index is 473. The first-order chi connectivity index (χ1) is 9.81. The van der Waals surface area contributed by atoms with Crippen LogP contribution in [0.1, 0.15) is 54.9 Å². The van der Waals surface area contributed by atoms with Crippen LogP contribution in [0.5, 0.6) is 0 Å². The Morgan fingerprint density at radius 3 is 3.15 bits per heavy atom. The van der Waals surface area contributed by atoms with Crippen molar-refractivity contribution in [3.8, 4) is 0 Å². The van der Waals surface area contributed by atoms with Crippen molar-refractivity contribution in [3.05, 3.63) is 21.9 Å². The van der Waals surface area contributed by atoms with Crippen molar-refractivity contribution in [2.75, 3.05) is 12.4 Å². The molecule has 20 heavy (non-hydrogen) atoms. The van der Waals surface area contributed by atoms with E-state index in [0.717, 1.165) is 51.5 Å². The summed E-state index contributed by atoms with van der Waals surface area (Å²) in [5.74, 6) is 1.21. The zero-order valence-electron chi connectivity index (χ0n) is 11.8. The molecule has 1 saturated heterocycles. The van der Waals surface area contributed by atoms with Gasteiger partial charge >= 0.3 is 0 Å². The number of halogens is 1. The van der Waals surface area contributed by atoms with E-state index < -0.39 is 0 Å². The van der Waals surface area contributed by atoms with Crippen LogP contribution >= 0.6 is 22.9 Å². The SMILES string of the molecule is O=C(C1CCCc2sccc21)N1CCCC1CCCCl. The largest absolute Gasteiger partial charge is 0.339 e. The highest BCUT2D eigenvalue weighted by molar-refractivity contribution is 7.10. The third-order valence-corrected chi connectivity index (χ3v) is 5.94. The third-order valence-electron chi connectivity index (χ3n) is 4.68. The van der Waals surface area contributed by atoms with Crippen LogP contribution in [0.25, 0.3) is 0 Å². The number of carbonyl (C=O) groups excluding carboxylic acids is 1. The summed E-state index contributed by atoms with van der Waals surface area (Å²) >= 11 is 7.62. The van der Waals surface area contributed by atoms with Gasteiger partial charge in [-0.3, -0.25) is 4.79 Å². The second-order valence-corrected chi connectivity index (χ2v) is 7.28. The van der Waals surface area contributed by atoms with Gasteiger partial charge in [-0.25, -0.2) is 0 Å². The van der Waals surface area contributed by atoms with Gasteiger partial charge in [0.05, 0.1) is 5.92 Å². The van der Waals surface area contributed by atoms with Crippen molar-refractivity contribution >= 4 is 28.8 Å². The van der Waals surface area contributed by atoms with Crippen molar-refractivity contribution < 1.29 is 4.79 Å². The van der Waals surface area contributed by atoms with E-state index in [1.807, 2.05) is 11.3 Å². The first-order valence-corrected chi connectivity index (χ1v) is 9.15. The van der Waals surface area contributed by atoms with E-state index in [0.29, 0.717) is 17.8 Å². The number of hydrogen-bond donors (Lipinski definition) is 0. The highest BCUT2D eigenvalue weighted by atomic mass is 35.5. The van der Waals surface area contributed by atoms with Crippen molar-refractivity contribution in [2.24, 2.45) is 0 Å². The number of carbonyl (C=O) groups is 1. The van der Waals surface area contributed by atoms with E-state index >= 15 is 0 Å². The number of nitrogens with zero attached hydrogens (tertiary/aromatic N) is 1. The smallest absolute Gasteiger partial charge is 0.230 e. The Labute approximate surface area is 130 Å². The third kappa shape index (κ3) is 2.75. The quantitative estimate of drug-likeness (QED) is 0.764. The Hall–Kier alpha value is -0.540. The lowest BCUT2D eigenvalue weighted by Gasteiger charge is -2.31. The second kappa shape index (κ2) is 6.48. The fourth-order valence-corrected chi connectivity index (χ4v) is 4.82. The van der Waals surface area contributed by atoms with Crippen molar-refractivity contribution in [3.63, 3.8) is 0 Å². The Balaban J connectivity index is 1.73. The fraction of sp³-hybridized carbons (Fsp3) is 0.688. The van der Waals surface area contributed by atoms with Gasteiger partial charge in [-0.15, -0.1) is 22.9 Å². The van der Waals surface area contributed by atoms with E-state index in [4.69, 9.17) is 11.6 Å². The summed E-state index contributed by atoms with van der Waals surface area (Å²) in [6, 6.07) is 2.61. The Morgan fingerprint density at radius 1 is 1.40 bits per heavy atom. The van der Waals surface area contributed by atoms with E-state index in [9.17, 15) is 4.79 Å². The molecule has 1 aliphatic carbocycles. The lowest BCUT2D eigenvalue weighted by molar-refractivity contribution is -0.134. The van der Waals surface area contributed by atoms with Gasteiger partial charge in [0.15, 0.2) is 0 Å². The van der Waals surface area contributed by atoms with Gasteiger partial charge in [-0.1, -0.05) is 0 Å². The van der Waals surface area contributed by atoms with E-state index in [1.165, 1.54) is 10.4 Å². The zero-order chi connectivity index (χ0) is 13.9. The molecule has 1 fully saturated rings. The number of thiophene rings is 1. The van der Waals surface area contributed by atoms with Crippen molar-refractivity contribution in [1.82, 2.24) is 4.90 Å². The van der Waals surface area contributed by atoms with Gasteiger partial charge in [-0.2, -0.15) is 0 Å². The normalized spacial score (nSPS) is 25.8. The standard InChI is InChI=1S/C16H22ClNOS/c17-9-2-4-12-5-3-10-18(12)16(19)14-6-1-7-15-13(14)8-11-20-15/h8,11-12,14H,1-7,9-10H2. The fourth-order valence-electron chi connectivity index (χ4n) is 3.68. The van der Waals surface area contributed by atoms with Crippen LogP contribution in [0.15, 0.2) is 11.4 Å². The molecule has 2 aliphatic rings. The number of amides is 1. The average molecular weight is 312 g/mol. The van der Waals surface area contributed by atoms with Gasteiger partial charge in [0, 0.05) is 23.3 Å². The molecule has 0 spiro atoms. The van der Waals surface area contributed by atoms with E-state index in [-0.39, 0.29) is 5.92 Å². The molecule has 0 aromatic carbocycles. The van der Waals surface area contributed by atoms with Crippen LogP contribution in [0.4, 0.5) is 0 Å². The number of fused-ring (bicyclic) bond motifs is 1. The topological polar surface area (TPSA) is 20.3 Å². The molecule has 110 valence electrons. The van der Waals surface area contributed by atoms with Crippen molar-refractivity contribution in [1.29, 1.82) is 0 Å². The van der Waals surface area contributed by atoms with Gasteiger partial charge in [-0.05, 0) is 62.0 Å². The van der Waals surface area contributed by atoms with E-state index in [2.05, 4.69) is 16.3 Å². The molecule has 1 aromatic rings. The summed E-state index contributed by atoms with van der Waals surface area (Å²) in [6.07, 6.45) is 7.74. The summed E-state index contributed by atoms with van der Waals surface area (Å²) < 4.78 is 0. The highest BCUT2D eigenvalue weighted by Gasteiger charge is 2.35. The Kier molecular flexibility index (Phi) is 4.67. The first-order valence-electron chi connectivity index (χ1n) is 7.74. The maximum atomic E-state index is 12.9. The number of likely N-dealkylation sites (tertiary alicyclic amines) is 1. The average Bonchev–Trinajstić information content (AvgIpc) is 3.12. The van der Waals surface area contributed by atoms with Gasteiger partial charge in [0.25, 0.3) is 0 Å².